The van der Waals surface area contributed by atoms with Gasteiger partial charge in [-0.25, -0.2) is 0 Å². The van der Waals surface area contributed by atoms with Gasteiger partial charge in [-0.3, -0.25) is 14.5 Å². The van der Waals surface area contributed by atoms with Gasteiger partial charge in [-0.1, -0.05) is 64.6 Å². The summed E-state index contributed by atoms with van der Waals surface area (Å²) in [4.78, 5) is 26.8. The molecule has 0 bridgehead atoms. The SMILES string of the molecule is Cc1cccc(C)c1-n1nnnc1CN1C(=O)c2c(Cl)c(Cl)c(Cl)c(Cl)c2C1=O. The minimum absolute atomic E-state index is 0.0813. The number of carbonyl (C=O) groups excluding carboxylic acids is 2. The molecular formula is C18H11Cl4N5O2. The second kappa shape index (κ2) is 7.25. The van der Waals surface area contributed by atoms with Crippen LogP contribution in [-0.4, -0.2) is 36.9 Å². The molecule has 29 heavy (non-hydrogen) atoms. The van der Waals surface area contributed by atoms with Crippen molar-refractivity contribution in [1.82, 2.24) is 25.1 Å². The molecule has 4 rings (SSSR count). The van der Waals surface area contributed by atoms with E-state index in [4.69, 9.17) is 46.4 Å². The van der Waals surface area contributed by atoms with Gasteiger partial charge in [0.25, 0.3) is 11.8 Å². The summed E-state index contributed by atoms with van der Waals surface area (Å²) in [6.45, 7) is 3.65. The molecule has 148 valence electrons. The lowest BCUT2D eigenvalue weighted by Gasteiger charge is -2.15. The first-order valence-corrected chi connectivity index (χ1v) is 9.81. The van der Waals surface area contributed by atoms with E-state index < -0.39 is 11.8 Å². The molecule has 2 heterocycles. The van der Waals surface area contributed by atoms with Crippen LogP contribution < -0.4 is 0 Å². The van der Waals surface area contributed by atoms with Crippen LogP contribution in [-0.2, 0) is 6.54 Å². The highest BCUT2D eigenvalue weighted by Crippen LogP contribution is 2.45. The number of para-hydroxylation sites is 1. The van der Waals surface area contributed by atoms with Crippen LogP contribution in [0.3, 0.4) is 0 Å². The molecule has 0 saturated heterocycles. The van der Waals surface area contributed by atoms with Crippen LogP contribution in [0, 0.1) is 13.8 Å². The van der Waals surface area contributed by atoms with E-state index in [1.807, 2.05) is 32.0 Å². The quantitative estimate of drug-likeness (QED) is 0.315. The fraction of sp³-hybridized carbons (Fsp3) is 0.167. The molecule has 0 radical (unpaired) electrons. The van der Waals surface area contributed by atoms with Crippen LogP contribution in [0.4, 0.5) is 0 Å². The van der Waals surface area contributed by atoms with Crippen molar-refractivity contribution in [2.24, 2.45) is 0 Å². The number of hydrogen-bond acceptors (Lipinski definition) is 5. The lowest BCUT2D eigenvalue weighted by atomic mass is 10.1. The summed E-state index contributed by atoms with van der Waals surface area (Å²) in [5.74, 6) is -1.00. The minimum Gasteiger partial charge on any atom is -0.268 e. The van der Waals surface area contributed by atoms with Gasteiger partial charge >= 0.3 is 0 Å². The summed E-state index contributed by atoms with van der Waals surface area (Å²) in [6, 6.07) is 5.75. The zero-order chi connectivity index (χ0) is 21.0. The average molecular weight is 471 g/mol. The van der Waals surface area contributed by atoms with E-state index in [0.717, 1.165) is 21.7 Å². The van der Waals surface area contributed by atoms with Crippen molar-refractivity contribution in [3.8, 4) is 5.69 Å². The number of halogens is 4. The number of fused-ring (bicyclic) bond motifs is 1. The standard InChI is InChI=1S/C18H11Cl4N5O2/c1-7-4-3-5-8(2)16(7)27-9(23-24-25-27)6-26-17(28)10-11(18(26)29)13(20)15(22)14(21)12(10)19/h3-5H,6H2,1-2H3. The van der Waals surface area contributed by atoms with Gasteiger partial charge in [0, 0.05) is 0 Å². The average Bonchev–Trinajstić information content (AvgIpc) is 3.23. The molecule has 1 aliphatic rings. The van der Waals surface area contributed by atoms with E-state index in [1.165, 1.54) is 4.68 Å². The molecular weight excluding hydrogens is 460 g/mol. The van der Waals surface area contributed by atoms with E-state index in [-0.39, 0.29) is 37.8 Å². The molecule has 2 amide bonds. The number of aryl methyl sites for hydroxylation is 2. The maximum atomic E-state index is 12.9. The molecule has 11 heteroatoms. The summed E-state index contributed by atoms with van der Waals surface area (Å²) >= 11 is 24.4. The van der Waals surface area contributed by atoms with E-state index in [2.05, 4.69) is 15.5 Å². The lowest BCUT2D eigenvalue weighted by molar-refractivity contribution is 0.0637. The molecule has 0 unspecified atom stereocenters. The maximum absolute atomic E-state index is 12.9. The molecule has 3 aromatic rings. The third kappa shape index (κ3) is 3.00. The predicted molar refractivity (Wildman–Crippen MR) is 109 cm³/mol. The van der Waals surface area contributed by atoms with Crippen molar-refractivity contribution in [2.45, 2.75) is 20.4 Å². The summed E-state index contributed by atoms with van der Waals surface area (Å²) in [5.41, 5.74) is 2.48. The maximum Gasteiger partial charge on any atom is 0.263 e. The number of benzene rings is 2. The molecule has 0 N–H and O–H groups in total. The minimum atomic E-state index is -0.647. The van der Waals surface area contributed by atoms with Crippen molar-refractivity contribution in [3.05, 3.63) is 66.4 Å². The third-order valence-electron chi connectivity index (χ3n) is 4.67. The van der Waals surface area contributed by atoms with E-state index in [1.54, 1.807) is 0 Å². The van der Waals surface area contributed by atoms with E-state index in [0.29, 0.717) is 5.82 Å². The van der Waals surface area contributed by atoms with Gasteiger partial charge in [0.15, 0.2) is 5.82 Å². The van der Waals surface area contributed by atoms with Gasteiger partial charge in [-0.05, 0) is 35.4 Å². The Morgan fingerprint density at radius 2 is 1.38 bits per heavy atom. The van der Waals surface area contributed by atoms with Crippen LogP contribution in [0.25, 0.3) is 5.69 Å². The largest absolute Gasteiger partial charge is 0.268 e. The number of tetrazole rings is 1. The number of carbonyl (C=O) groups is 2. The van der Waals surface area contributed by atoms with E-state index >= 15 is 0 Å². The molecule has 0 atom stereocenters. The molecule has 0 saturated carbocycles. The van der Waals surface area contributed by atoms with Crippen LogP contribution in [0.1, 0.15) is 37.7 Å². The summed E-state index contributed by atoms with van der Waals surface area (Å²) < 4.78 is 1.50. The zero-order valence-electron chi connectivity index (χ0n) is 15.0. The summed E-state index contributed by atoms with van der Waals surface area (Å²) in [7, 11) is 0. The van der Waals surface area contributed by atoms with Gasteiger partial charge in [-0.15, -0.1) is 5.10 Å². The van der Waals surface area contributed by atoms with Crippen molar-refractivity contribution >= 4 is 58.2 Å². The number of aromatic nitrogens is 4. The number of rotatable bonds is 3. The molecule has 2 aromatic carbocycles. The number of hydrogen-bond donors (Lipinski definition) is 0. The first kappa shape index (κ1) is 20.1. The fourth-order valence-electron chi connectivity index (χ4n) is 3.30. The normalized spacial score (nSPS) is 13.4. The van der Waals surface area contributed by atoms with Gasteiger partial charge in [0.05, 0.1) is 43.4 Å². The topological polar surface area (TPSA) is 81.0 Å². The van der Waals surface area contributed by atoms with Gasteiger partial charge in [0.1, 0.15) is 0 Å². The van der Waals surface area contributed by atoms with Crippen molar-refractivity contribution in [2.75, 3.05) is 0 Å². The zero-order valence-corrected chi connectivity index (χ0v) is 18.0. The third-order valence-corrected chi connectivity index (χ3v) is 6.47. The Labute approximate surface area is 185 Å². The van der Waals surface area contributed by atoms with Crippen molar-refractivity contribution < 1.29 is 9.59 Å². The second-order valence-electron chi connectivity index (χ2n) is 6.45. The Hall–Kier alpha value is -2.19. The molecule has 0 aliphatic carbocycles. The molecule has 7 nitrogen and oxygen atoms in total. The fourth-order valence-corrected chi connectivity index (χ4v) is 4.31. The van der Waals surface area contributed by atoms with E-state index in [9.17, 15) is 9.59 Å². The summed E-state index contributed by atoms with van der Waals surface area (Å²) in [6.07, 6.45) is 0. The number of imide groups is 1. The Kier molecular flexibility index (Phi) is 5.02. The molecule has 1 aliphatic heterocycles. The first-order chi connectivity index (χ1) is 13.7. The van der Waals surface area contributed by atoms with Crippen LogP contribution in [0.5, 0.6) is 0 Å². The Morgan fingerprint density at radius 3 is 1.90 bits per heavy atom. The van der Waals surface area contributed by atoms with Crippen molar-refractivity contribution in [1.29, 1.82) is 0 Å². The smallest absolute Gasteiger partial charge is 0.263 e. The molecule has 0 spiro atoms. The number of amides is 2. The highest BCUT2D eigenvalue weighted by molar-refractivity contribution is 6.55. The van der Waals surface area contributed by atoms with Crippen LogP contribution >= 0.6 is 46.4 Å². The monoisotopic (exact) mass is 469 g/mol. The van der Waals surface area contributed by atoms with Crippen LogP contribution in [0.2, 0.25) is 20.1 Å². The van der Waals surface area contributed by atoms with Crippen LogP contribution in [0.15, 0.2) is 18.2 Å². The number of nitrogens with zero attached hydrogens (tertiary/aromatic N) is 5. The van der Waals surface area contributed by atoms with Gasteiger partial charge in [0.2, 0.25) is 0 Å². The first-order valence-electron chi connectivity index (χ1n) is 8.30. The Bertz CT molecular complexity index is 1140. The highest BCUT2D eigenvalue weighted by atomic mass is 35.5. The highest BCUT2D eigenvalue weighted by Gasteiger charge is 2.42. The van der Waals surface area contributed by atoms with Gasteiger partial charge in [-0.2, -0.15) is 4.68 Å². The summed E-state index contributed by atoms with van der Waals surface area (Å²) in [5, 5.41) is 11.3. The Morgan fingerprint density at radius 1 is 0.862 bits per heavy atom. The lowest BCUT2D eigenvalue weighted by Crippen LogP contribution is -2.30. The Balaban J connectivity index is 1.78. The van der Waals surface area contributed by atoms with Crippen molar-refractivity contribution in [3.63, 3.8) is 0 Å². The van der Waals surface area contributed by atoms with Gasteiger partial charge < -0.3 is 0 Å². The molecule has 0 fully saturated rings. The molecule has 1 aromatic heterocycles. The second-order valence-corrected chi connectivity index (χ2v) is 7.96. The predicted octanol–water partition coefficient (Wildman–Crippen LogP) is 4.69.